The minimum atomic E-state index is -0.119. The van der Waals surface area contributed by atoms with Crippen molar-refractivity contribution in [3.05, 3.63) is 57.6 Å². The molecule has 4 nitrogen and oxygen atoms in total. The van der Waals surface area contributed by atoms with E-state index < -0.39 is 0 Å². The van der Waals surface area contributed by atoms with E-state index in [0.717, 1.165) is 46.4 Å². The van der Waals surface area contributed by atoms with E-state index in [2.05, 4.69) is 21.2 Å². The number of benzene rings is 2. The van der Waals surface area contributed by atoms with Gasteiger partial charge in [-0.2, -0.15) is 0 Å². The van der Waals surface area contributed by atoms with Crippen molar-refractivity contribution >= 4 is 39.1 Å². The molecule has 0 radical (unpaired) electrons. The molecule has 2 aromatic rings. The van der Waals surface area contributed by atoms with Crippen LogP contribution in [0.5, 0.6) is 0 Å². The lowest BCUT2D eigenvalue weighted by atomic mass is 9.98. The molecule has 0 atom stereocenters. The summed E-state index contributed by atoms with van der Waals surface area (Å²) >= 11 is 3.37. The number of carbonyl (C=O) groups excluding carboxylic acids is 2. The van der Waals surface area contributed by atoms with Gasteiger partial charge in [-0.15, -0.1) is 0 Å². The largest absolute Gasteiger partial charge is 0.322 e. The molecule has 116 valence electrons. The second kappa shape index (κ2) is 5.49. The van der Waals surface area contributed by atoms with E-state index in [1.165, 1.54) is 0 Å². The van der Waals surface area contributed by atoms with Crippen LogP contribution in [-0.2, 0) is 17.6 Å². The molecule has 0 fully saturated rings. The lowest BCUT2D eigenvalue weighted by Crippen LogP contribution is -2.32. The number of rotatable bonds is 2. The lowest BCUT2D eigenvalue weighted by Gasteiger charge is -2.25. The van der Waals surface area contributed by atoms with E-state index >= 15 is 0 Å². The summed E-state index contributed by atoms with van der Waals surface area (Å²) in [6, 6.07) is 11.3. The zero-order valence-electron chi connectivity index (χ0n) is 12.4. The van der Waals surface area contributed by atoms with Crippen LogP contribution in [0.15, 0.2) is 40.9 Å². The van der Waals surface area contributed by atoms with Gasteiger partial charge in [0.25, 0.3) is 5.91 Å². The van der Waals surface area contributed by atoms with Crippen molar-refractivity contribution in [2.75, 3.05) is 16.8 Å². The quantitative estimate of drug-likeness (QED) is 0.878. The molecular formula is C18H15BrN2O2. The van der Waals surface area contributed by atoms with Crippen LogP contribution >= 0.6 is 15.9 Å². The fraction of sp³-hybridized carbons (Fsp3) is 0.222. The second-order valence-corrected chi connectivity index (χ2v) is 6.82. The van der Waals surface area contributed by atoms with E-state index in [-0.39, 0.29) is 11.8 Å². The van der Waals surface area contributed by atoms with Gasteiger partial charge in [0.05, 0.1) is 5.69 Å². The highest BCUT2D eigenvalue weighted by Gasteiger charge is 2.31. The predicted octanol–water partition coefficient (Wildman–Crippen LogP) is 3.54. The highest BCUT2D eigenvalue weighted by atomic mass is 79.9. The van der Waals surface area contributed by atoms with Gasteiger partial charge >= 0.3 is 0 Å². The molecule has 2 aliphatic heterocycles. The first-order chi connectivity index (χ1) is 11.1. The Bertz CT molecular complexity index is 815. The minimum absolute atomic E-state index is 0.119. The van der Waals surface area contributed by atoms with E-state index in [1.54, 1.807) is 12.1 Å². The average molecular weight is 371 g/mol. The Morgan fingerprint density at radius 2 is 1.74 bits per heavy atom. The smallest absolute Gasteiger partial charge is 0.255 e. The van der Waals surface area contributed by atoms with Gasteiger partial charge in [0, 0.05) is 28.7 Å². The van der Waals surface area contributed by atoms with Crippen LogP contribution in [0.4, 0.5) is 11.4 Å². The molecular weight excluding hydrogens is 356 g/mol. The van der Waals surface area contributed by atoms with Crippen LogP contribution in [0.2, 0.25) is 0 Å². The van der Waals surface area contributed by atoms with Crippen molar-refractivity contribution in [2.45, 2.75) is 19.3 Å². The number of nitrogens with one attached hydrogen (secondary N) is 1. The molecule has 0 saturated heterocycles. The first-order valence-electron chi connectivity index (χ1n) is 7.65. The topological polar surface area (TPSA) is 49.4 Å². The maximum Gasteiger partial charge on any atom is 0.255 e. The van der Waals surface area contributed by atoms with Crippen molar-refractivity contribution in [3.63, 3.8) is 0 Å². The van der Waals surface area contributed by atoms with Gasteiger partial charge in [-0.1, -0.05) is 15.9 Å². The van der Waals surface area contributed by atoms with Crippen molar-refractivity contribution in [1.82, 2.24) is 0 Å². The normalized spacial score (nSPS) is 15.5. The molecule has 0 spiro atoms. The molecule has 4 rings (SSSR count). The summed E-state index contributed by atoms with van der Waals surface area (Å²) in [6.45, 7) is 0.755. The molecule has 5 heteroatoms. The molecule has 2 heterocycles. The van der Waals surface area contributed by atoms with E-state index in [4.69, 9.17) is 0 Å². The van der Waals surface area contributed by atoms with Crippen LogP contribution in [0.3, 0.4) is 0 Å². The van der Waals surface area contributed by atoms with Gasteiger partial charge in [0.1, 0.15) is 0 Å². The third kappa shape index (κ3) is 2.55. The molecule has 2 aliphatic rings. The lowest BCUT2D eigenvalue weighted by molar-refractivity contribution is -0.118. The van der Waals surface area contributed by atoms with Gasteiger partial charge in [0.2, 0.25) is 5.91 Å². The summed E-state index contributed by atoms with van der Waals surface area (Å²) in [4.78, 5) is 26.2. The van der Waals surface area contributed by atoms with Crippen LogP contribution in [-0.4, -0.2) is 18.4 Å². The highest BCUT2D eigenvalue weighted by Crippen LogP contribution is 2.38. The first kappa shape index (κ1) is 14.5. The zero-order valence-corrected chi connectivity index (χ0v) is 14.0. The summed E-state index contributed by atoms with van der Waals surface area (Å²) in [7, 11) is 0. The molecule has 2 aromatic carbocycles. The Hall–Kier alpha value is -2.14. The fourth-order valence-corrected chi connectivity index (χ4v) is 3.60. The van der Waals surface area contributed by atoms with Crippen molar-refractivity contribution in [1.29, 1.82) is 0 Å². The maximum atomic E-state index is 12.4. The summed E-state index contributed by atoms with van der Waals surface area (Å²) in [6.07, 6.45) is 2.16. The van der Waals surface area contributed by atoms with E-state index in [9.17, 15) is 9.59 Å². The van der Waals surface area contributed by atoms with Crippen LogP contribution in [0.1, 0.15) is 27.9 Å². The molecule has 0 bridgehead atoms. The van der Waals surface area contributed by atoms with Crippen molar-refractivity contribution in [2.24, 2.45) is 0 Å². The summed E-state index contributed by atoms with van der Waals surface area (Å²) in [5, 5.41) is 2.97. The number of carbonyl (C=O) groups is 2. The summed E-state index contributed by atoms with van der Waals surface area (Å²) in [5.74, 6) is 0.0919. The number of halogens is 1. The number of aryl methyl sites for hydroxylation is 1. The second-order valence-electron chi connectivity index (χ2n) is 5.90. The molecule has 0 saturated carbocycles. The first-order valence-corrected chi connectivity index (χ1v) is 8.44. The van der Waals surface area contributed by atoms with Crippen LogP contribution < -0.4 is 10.2 Å². The fourth-order valence-electron chi connectivity index (χ4n) is 3.33. The predicted molar refractivity (Wildman–Crippen MR) is 92.9 cm³/mol. The number of anilines is 2. The Morgan fingerprint density at radius 3 is 2.48 bits per heavy atom. The molecule has 0 unspecified atom stereocenters. The van der Waals surface area contributed by atoms with Crippen LogP contribution in [0, 0.1) is 0 Å². The molecule has 2 amide bonds. The average Bonchev–Trinajstić information content (AvgIpc) is 2.97. The van der Waals surface area contributed by atoms with E-state index in [1.807, 2.05) is 29.2 Å². The summed E-state index contributed by atoms with van der Waals surface area (Å²) in [5.41, 5.74) is 4.82. The monoisotopic (exact) mass is 370 g/mol. The number of nitrogens with zero attached hydrogens (tertiary/aromatic N) is 1. The Morgan fingerprint density at radius 1 is 1.04 bits per heavy atom. The van der Waals surface area contributed by atoms with E-state index in [0.29, 0.717) is 12.0 Å². The van der Waals surface area contributed by atoms with Crippen LogP contribution in [0.25, 0.3) is 0 Å². The molecule has 0 aromatic heterocycles. The van der Waals surface area contributed by atoms with Gasteiger partial charge in [-0.25, -0.2) is 0 Å². The Balaban J connectivity index is 1.63. The van der Waals surface area contributed by atoms with Crippen molar-refractivity contribution in [3.8, 4) is 0 Å². The molecule has 1 N–H and O–H groups in total. The van der Waals surface area contributed by atoms with Crippen molar-refractivity contribution < 1.29 is 9.59 Å². The van der Waals surface area contributed by atoms with Gasteiger partial charge in [-0.3, -0.25) is 9.59 Å². The van der Waals surface area contributed by atoms with Gasteiger partial charge in [-0.05, 0) is 60.4 Å². The third-order valence-electron chi connectivity index (χ3n) is 4.42. The highest BCUT2D eigenvalue weighted by molar-refractivity contribution is 9.10. The minimum Gasteiger partial charge on any atom is -0.322 e. The summed E-state index contributed by atoms with van der Waals surface area (Å²) < 4.78 is 0.945. The third-order valence-corrected chi connectivity index (χ3v) is 4.94. The molecule has 23 heavy (non-hydrogen) atoms. The number of hydrogen-bond acceptors (Lipinski definition) is 2. The SMILES string of the molecule is O=C(Nc1cc2c3c(c1)CCN3C(=O)CC2)c1ccc(Br)cc1. The van der Waals surface area contributed by atoms with Gasteiger partial charge in [0.15, 0.2) is 0 Å². The standard InChI is InChI=1S/C18H15BrN2O2/c19-14-4-1-11(2-5-14)18(23)20-15-9-12-3-6-16(22)21-8-7-13(10-15)17(12)21/h1-2,4-5,9-10H,3,6-8H2,(H,20,23). The zero-order chi connectivity index (χ0) is 16.0. The maximum absolute atomic E-state index is 12.4. The number of amides is 2. The number of hydrogen-bond donors (Lipinski definition) is 1. The Kier molecular flexibility index (Phi) is 3.45. The van der Waals surface area contributed by atoms with Gasteiger partial charge < -0.3 is 10.2 Å². The Labute approximate surface area is 142 Å². The molecule has 0 aliphatic carbocycles.